The maximum absolute atomic E-state index is 10.6. The lowest BCUT2D eigenvalue weighted by Crippen LogP contribution is -2.04. The third-order valence-corrected chi connectivity index (χ3v) is 1.75. The van der Waals surface area contributed by atoms with Gasteiger partial charge in [0.05, 0.1) is 5.56 Å². The summed E-state index contributed by atoms with van der Waals surface area (Å²) in [6.45, 7) is 0.399. The van der Waals surface area contributed by atoms with Crippen molar-refractivity contribution in [3.63, 3.8) is 0 Å². The molecule has 2 rings (SSSR count). The Balaban J connectivity index is 2.48. The largest absolute Gasteiger partial charge is 0.486 e. The van der Waals surface area contributed by atoms with Crippen LogP contribution >= 0.6 is 0 Å². The van der Waals surface area contributed by atoms with Gasteiger partial charge in [0.25, 0.3) is 0 Å². The standard InChI is InChI=1S/C9H7NO3/c11-9(12)6-1-2-7-8(5-6)13-4-3-10-7/h1-3,5H,4H2,(H,11,12). The number of hydrogen-bond donors (Lipinski definition) is 1. The Kier molecular flexibility index (Phi) is 1.73. The molecule has 0 amide bonds. The predicted octanol–water partition coefficient (Wildman–Crippen LogP) is 1.48. The van der Waals surface area contributed by atoms with Crippen molar-refractivity contribution in [1.29, 1.82) is 0 Å². The molecule has 1 aromatic rings. The Morgan fingerprint density at radius 1 is 1.54 bits per heavy atom. The van der Waals surface area contributed by atoms with Gasteiger partial charge in [-0.15, -0.1) is 0 Å². The summed E-state index contributed by atoms with van der Waals surface area (Å²) in [7, 11) is 0. The first-order valence-electron chi connectivity index (χ1n) is 3.80. The van der Waals surface area contributed by atoms with E-state index < -0.39 is 5.97 Å². The van der Waals surface area contributed by atoms with E-state index in [4.69, 9.17) is 9.84 Å². The number of nitrogens with zero attached hydrogens (tertiary/aromatic N) is 1. The molecule has 66 valence electrons. The highest BCUT2D eigenvalue weighted by Crippen LogP contribution is 2.30. The highest BCUT2D eigenvalue weighted by molar-refractivity contribution is 5.89. The minimum Gasteiger partial charge on any atom is -0.486 e. The van der Waals surface area contributed by atoms with Crippen molar-refractivity contribution in [3.05, 3.63) is 23.8 Å². The lowest BCUT2D eigenvalue weighted by Gasteiger charge is -2.11. The Morgan fingerprint density at radius 3 is 3.15 bits per heavy atom. The molecule has 1 aromatic carbocycles. The average Bonchev–Trinajstić information content (AvgIpc) is 2.17. The lowest BCUT2D eigenvalue weighted by atomic mass is 10.2. The summed E-state index contributed by atoms with van der Waals surface area (Å²) < 4.78 is 5.20. The fourth-order valence-corrected chi connectivity index (χ4v) is 1.13. The van der Waals surface area contributed by atoms with Crippen molar-refractivity contribution in [1.82, 2.24) is 0 Å². The van der Waals surface area contributed by atoms with Gasteiger partial charge in [0.1, 0.15) is 18.0 Å². The molecule has 4 heteroatoms. The Hall–Kier alpha value is -1.84. The Morgan fingerprint density at radius 2 is 2.38 bits per heavy atom. The molecule has 0 aromatic heterocycles. The molecular formula is C9H7NO3. The van der Waals surface area contributed by atoms with Gasteiger partial charge in [-0.05, 0) is 18.2 Å². The van der Waals surface area contributed by atoms with Gasteiger partial charge in [-0.2, -0.15) is 0 Å². The van der Waals surface area contributed by atoms with Crippen LogP contribution in [0.15, 0.2) is 23.2 Å². The zero-order valence-electron chi connectivity index (χ0n) is 6.73. The molecule has 0 spiro atoms. The van der Waals surface area contributed by atoms with E-state index in [1.54, 1.807) is 12.3 Å². The fraction of sp³-hybridized carbons (Fsp3) is 0.111. The summed E-state index contributed by atoms with van der Waals surface area (Å²) >= 11 is 0. The molecule has 1 aliphatic rings. The predicted molar refractivity (Wildman–Crippen MR) is 47.0 cm³/mol. The van der Waals surface area contributed by atoms with Gasteiger partial charge in [0, 0.05) is 6.21 Å². The third kappa shape index (κ3) is 1.38. The number of ether oxygens (including phenoxy) is 1. The molecule has 0 bridgehead atoms. The van der Waals surface area contributed by atoms with Crippen molar-refractivity contribution in [3.8, 4) is 5.75 Å². The fourth-order valence-electron chi connectivity index (χ4n) is 1.13. The number of carboxylic acids is 1. The van der Waals surface area contributed by atoms with E-state index in [2.05, 4.69) is 4.99 Å². The van der Waals surface area contributed by atoms with Crippen LogP contribution < -0.4 is 4.74 Å². The van der Waals surface area contributed by atoms with Gasteiger partial charge < -0.3 is 9.84 Å². The Bertz CT molecular complexity index is 384. The zero-order chi connectivity index (χ0) is 9.26. The second-order valence-corrected chi connectivity index (χ2v) is 2.61. The highest BCUT2D eigenvalue weighted by atomic mass is 16.5. The molecule has 13 heavy (non-hydrogen) atoms. The summed E-state index contributed by atoms with van der Waals surface area (Å²) in [6, 6.07) is 4.62. The van der Waals surface area contributed by atoms with Crippen LogP contribution in [0.2, 0.25) is 0 Å². The van der Waals surface area contributed by atoms with Crippen molar-refractivity contribution >= 4 is 17.9 Å². The van der Waals surface area contributed by atoms with Crippen LogP contribution in [-0.4, -0.2) is 23.9 Å². The van der Waals surface area contributed by atoms with Gasteiger partial charge in [-0.1, -0.05) is 0 Å². The van der Waals surface area contributed by atoms with Gasteiger partial charge in [0.2, 0.25) is 0 Å². The normalized spacial score (nSPS) is 13.2. The monoisotopic (exact) mass is 177 g/mol. The number of benzene rings is 1. The van der Waals surface area contributed by atoms with Gasteiger partial charge in [0.15, 0.2) is 0 Å². The number of aromatic carboxylic acids is 1. The summed E-state index contributed by atoms with van der Waals surface area (Å²) in [5.74, 6) is -0.427. The van der Waals surface area contributed by atoms with Crippen LogP contribution in [0.3, 0.4) is 0 Å². The zero-order valence-corrected chi connectivity index (χ0v) is 6.73. The molecule has 0 saturated carbocycles. The minimum atomic E-state index is -0.957. The van der Waals surface area contributed by atoms with Crippen LogP contribution in [0.1, 0.15) is 10.4 Å². The van der Waals surface area contributed by atoms with Gasteiger partial charge in [-0.3, -0.25) is 4.99 Å². The van der Waals surface area contributed by atoms with Crippen LogP contribution in [0.25, 0.3) is 0 Å². The molecule has 0 unspecified atom stereocenters. The molecule has 1 aliphatic heterocycles. The smallest absolute Gasteiger partial charge is 0.335 e. The van der Waals surface area contributed by atoms with Crippen LogP contribution in [0.4, 0.5) is 5.69 Å². The second kappa shape index (κ2) is 2.90. The van der Waals surface area contributed by atoms with E-state index in [1.807, 2.05) is 0 Å². The van der Waals surface area contributed by atoms with E-state index in [9.17, 15) is 4.79 Å². The number of carbonyl (C=O) groups is 1. The number of rotatable bonds is 1. The van der Waals surface area contributed by atoms with E-state index >= 15 is 0 Å². The number of carboxylic acid groups (broad SMARTS) is 1. The van der Waals surface area contributed by atoms with Crippen LogP contribution in [0.5, 0.6) is 5.75 Å². The molecule has 0 aliphatic carbocycles. The van der Waals surface area contributed by atoms with E-state index in [-0.39, 0.29) is 5.56 Å². The summed E-state index contributed by atoms with van der Waals surface area (Å²) in [5, 5.41) is 8.69. The molecule has 1 heterocycles. The molecule has 0 fully saturated rings. The molecule has 0 radical (unpaired) electrons. The van der Waals surface area contributed by atoms with Crippen molar-refractivity contribution in [2.45, 2.75) is 0 Å². The number of fused-ring (bicyclic) bond motifs is 1. The van der Waals surface area contributed by atoms with E-state index in [0.717, 1.165) is 0 Å². The lowest BCUT2D eigenvalue weighted by molar-refractivity contribution is 0.0696. The highest BCUT2D eigenvalue weighted by Gasteiger charge is 2.10. The summed E-state index contributed by atoms with van der Waals surface area (Å²) in [4.78, 5) is 14.6. The Labute approximate surface area is 74.5 Å². The minimum absolute atomic E-state index is 0.218. The molecular weight excluding hydrogens is 170 g/mol. The van der Waals surface area contributed by atoms with Gasteiger partial charge in [-0.25, -0.2) is 4.79 Å². The van der Waals surface area contributed by atoms with Crippen LogP contribution in [-0.2, 0) is 0 Å². The maximum Gasteiger partial charge on any atom is 0.335 e. The second-order valence-electron chi connectivity index (χ2n) is 2.61. The average molecular weight is 177 g/mol. The van der Waals surface area contributed by atoms with Crippen molar-refractivity contribution in [2.75, 3.05) is 6.61 Å². The molecule has 0 atom stereocenters. The summed E-state index contributed by atoms with van der Waals surface area (Å²) in [5.41, 5.74) is 0.895. The van der Waals surface area contributed by atoms with E-state index in [1.165, 1.54) is 12.1 Å². The topological polar surface area (TPSA) is 58.9 Å². The SMILES string of the molecule is O=C(O)c1ccc2c(c1)OCC=N2. The first-order valence-corrected chi connectivity index (χ1v) is 3.80. The van der Waals surface area contributed by atoms with Gasteiger partial charge >= 0.3 is 5.97 Å². The third-order valence-electron chi connectivity index (χ3n) is 1.75. The van der Waals surface area contributed by atoms with Crippen molar-refractivity contribution < 1.29 is 14.6 Å². The maximum atomic E-state index is 10.6. The van der Waals surface area contributed by atoms with Crippen LogP contribution in [0, 0.1) is 0 Å². The van der Waals surface area contributed by atoms with E-state index in [0.29, 0.717) is 18.0 Å². The first-order chi connectivity index (χ1) is 6.27. The number of aliphatic imine (C=N–C) groups is 1. The van der Waals surface area contributed by atoms with Crippen molar-refractivity contribution in [2.24, 2.45) is 4.99 Å². The molecule has 0 saturated heterocycles. The molecule has 1 N–H and O–H groups in total. The summed E-state index contributed by atoms with van der Waals surface area (Å²) in [6.07, 6.45) is 1.64. The first kappa shape index (κ1) is 7.79. The quantitative estimate of drug-likeness (QED) is 0.706. The molecule has 4 nitrogen and oxygen atoms in total. The number of hydrogen-bond acceptors (Lipinski definition) is 3.